The second-order valence-electron chi connectivity index (χ2n) is 10.4. The van der Waals surface area contributed by atoms with Gasteiger partial charge in [-0.15, -0.1) is 22.7 Å². The molecule has 7 rings (SSSR count). The van der Waals surface area contributed by atoms with Crippen molar-refractivity contribution in [1.29, 1.82) is 0 Å². The lowest BCUT2D eigenvalue weighted by Crippen LogP contribution is -2.12. The summed E-state index contributed by atoms with van der Waals surface area (Å²) < 4.78 is 0. The van der Waals surface area contributed by atoms with Crippen molar-refractivity contribution < 1.29 is 0 Å². The van der Waals surface area contributed by atoms with E-state index in [1.54, 1.807) is 22.7 Å². The Kier molecular flexibility index (Phi) is 6.51. The number of aryl methyl sites for hydroxylation is 4. The van der Waals surface area contributed by atoms with Crippen molar-refractivity contribution in [2.75, 3.05) is 9.80 Å². The number of hydrogen-bond donors (Lipinski definition) is 0. The number of benzene rings is 4. The third kappa shape index (κ3) is 4.64. The van der Waals surface area contributed by atoms with E-state index in [0.717, 1.165) is 12.8 Å². The Morgan fingerprint density at radius 3 is 1.25 bits per heavy atom. The van der Waals surface area contributed by atoms with Crippen LogP contribution in [0.4, 0.5) is 32.8 Å². The van der Waals surface area contributed by atoms with Gasteiger partial charge in [0.25, 0.3) is 0 Å². The fraction of sp³-hybridized carbons (Fsp3) is 0.111. The molecule has 0 radical (unpaired) electrons. The summed E-state index contributed by atoms with van der Waals surface area (Å²) in [4.78, 5) is 4.76. The van der Waals surface area contributed by atoms with Crippen LogP contribution in [0.2, 0.25) is 0 Å². The fourth-order valence-corrected chi connectivity index (χ4v) is 7.18. The van der Waals surface area contributed by atoms with Gasteiger partial charge in [-0.2, -0.15) is 0 Å². The summed E-state index contributed by atoms with van der Waals surface area (Å²) in [7, 11) is 0. The summed E-state index contributed by atoms with van der Waals surface area (Å²) in [5, 5.41) is 6.77. The minimum Gasteiger partial charge on any atom is -0.302 e. The molecular weight excluding hydrogens is 525 g/mol. The number of rotatable bonds is 6. The Morgan fingerprint density at radius 2 is 0.875 bits per heavy atom. The molecule has 0 saturated heterocycles. The predicted molar refractivity (Wildman–Crippen MR) is 174 cm³/mol. The molecular formula is C36H30N2S2. The highest BCUT2D eigenvalue weighted by Crippen LogP contribution is 2.44. The molecule has 0 unspecified atom stereocenters. The molecule has 0 amide bonds. The average Bonchev–Trinajstić information content (AvgIpc) is 3.71. The molecule has 0 bridgehead atoms. The zero-order chi connectivity index (χ0) is 27.1. The van der Waals surface area contributed by atoms with E-state index in [2.05, 4.69) is 144 Å². The summed E-state index contributed by atoms with van der Waals surface area (Å²) >= 11 is 3.55. The summed E-state index contributed by atoms with van der Waals surface area (Å²) in [6.07, 6.45) is 2.07. The maximum atomic E-state index is 2.40. The zero-order valence-electron chi connectivity index (χ0n) is 22.7. The van der Waals surface area contributed by atoms with Gasteiger partial charge in [0.2, 0.25) is 0 Å². The van der Waals surface area contributed by atoms with E-state index in [-0.39, 0.29) is 0 Å². The number of nitrogens with zero attached hydrogens (tertiary/aromatic N) is 2. The van der Waals surface area contributed by atoms with Crippen LogP contribution in [0.15, 0.2) is 120 Å². The van der Waals surface area contributed by atoms with Gasteiger partial charge in [0.05, 0.1) is 10.0 Å². The molecule has 40 heavy (non-hydrogen) atoms. The second kappa shape index (κ2) is 10.5. The smallest absolute Gasteiger partial charge is 0.0999 e. The van der Waals surface area contributed by atoms with Crippen molar-refractivity contribution in [2.24, 2.45) is 0 Å². The van der Waals surface area contributed by atoms with E-state index in [1.165, 1.54) is 66.1 Å². The zero-order valence-corrected chi connectivity index (χ0v) is 24.3. The van der Waals surface area contributed by atoms with Crippen LogP contribution >= 0.6 is 22.7 Å². The summed E-state index contributed by atoms with van der Waals surface area (Å²) in [6.45, 7) is 4.28. The Morgan fingerprint density at radius 1 is 0.475 bits per heavy atom. The van der Waals surface area contributed by atoms with Gasteiger partial charge in [-0.1, -0.05) is 47.5 Å². The minimum absolute atomic E-state index is 1.04. The molecule has 1 aliphatic carbocycles. The van der Waals surface area contributed by atoms with E-state index in [9.17, 15) is 0 Å². The number of fused-ring (bicyclic) bond motifs is 3. The van der Waals surface area contributed by atoms with Gasteiger partial charge in [0.1, 0.15) is 0 Å². The molecule has 4 aromatic carbocycles. The van der Waals surface area contributed by atoms with Gasteiger partial charge < -0.3 is 9.80 Å². The maximum absolute atomic E-state index is 2.40. The van der Waals surface area contributed by atoms with Crippen molar-refractivity contribution >= 4 is 55.4 Å². The number of anilines is 6. The van der Waals surface area contributed by atoms with Crippen LogP contribution in [0.1, 0.15) is 22.3 Å². The quantitative estimate of drug-likeness (QED) is 0.202. The van der Waals surface area contributed by atoms with Crippen LogP contribution in [0.25, 0.3) is 11.1 Å². The summed E-state index contributed by atoms with van der Waals surface area (Å²) in [5.74, 6) is 0. The van der Waals surface area contributed by atoms with Crippen LogP contribution in [-0.2, 0) is 12.8 Å². The lowest BCUT2D eigenvalue weighted by molar-refractivity contribution is 0.940. The van der Waals surface area contributed by atoms with E-state index >= 15 is 0 Å². The molecule has 196 valence electrons. The van der Waals surface area contributed by atoms with Crippen molar-refractivity contribution in [3.05, 3.63) is 142 Å². The molecule has 0 N–H and O–H groups in total. The maximum Gasteiger partial charge on any atom is 0.0999 e. The number of thiophene rings is 2. The first-order valence-corrected chi connectivity index (χ1v) is 15.5. The third-order valence-electron chi connectivity index (χ3n) is 7.69. The first kappa shape index (κ1) is 24.9. The molecule has 0 spiro atoms. The first-order valence-electron chi connectivity index (χ1n) is 13.7. The highest BCUT2D eigenvalue weighted by atomic mass is 32.1. The monoisotopic (exact) mass is 554 g/mol. The largest absolute Gasteiger partial charge is 0.302 e. The summed E-state index contributed by atoms with van der Waals surface area (Å²) in [6, 6.07) is 40.3. The standard InChI is InChI=1S/C36H30N2S2/c1-25-7-13-29(14-8-25)37(35-5-3-21-39-35)31-17-19-33-27(23-31)11-12-28-24-32(18-20-34(28)33)38(36-6-4-22-40-36)30-15-9-26(2)10-16-30/h3-10,13-24H,11-12H2,1-2H3. The molecule has 6 aromatic rings. The minimum atomic E-state index is 1.04. The van der Waals surface area contributed by atoms with Gasteiger partial charge in [0, 0.05) is 22.7 Å². The Bertz CT molecular complexity index is 1620. The SMILES string of the molecule is Cc1ccc(N(c2ccc3c(c2)CCc2cc(N(c4ccc(C)cc4)c4cccs4)ccc2-3)c2cccs2)cc1. The average molecular weight is 555 g/mol. The van der Waals surface area contributed by atoms with Crippen molar-refractivity contribution in [1.82, 2.24) is 0 Å². The normalized spacial score (nSPS) is 12.1. The van der Waals surface area contributed by atoms with Crippen molar-refractivity contribution in [2.45, 2.75) is 26.7 Å². The molecule has 0 atom stereocenters. The molecule has 0 aliphatic heterocycles. The summed E-state index contributed by atoms with van der Waals surface area (Å²) in [5.41, 5.74) is 12.9. The second-order valence-corrected chi connectivity index (χ2v) is 12.3. The van der Waals surface area contributed by atoms with Crippen LogP contribution in [0.3, 0.4) is 0 Å². The van der Waals surface area contributed by atoms with Gasteiger partial charge >= 0.3 is 0 Å². The lowest BCUT2D eigenvalue weighted by atomic mass is 9.85. The van der Waals surface area contributed by atoms with Gasteiger partial charge in [0.15, 0.2) is 0 Å². The van der Waals surface area contributed by atoms with Gasteiger partial charge in [-0.25, -0.2) is 0 Å². The highest BCUT2D eigenvalue weighted by Gasteiger charge is 2.22. The topological polar surface area (TPSA) is 6.48 Å². The van der Waals surface area contributed by atoms with Gasteiger partial charge in [-0.05, 0) is 132 Å². The molecule has 0 fully saturated rings. The Balaban J connectivity index is 1.26. The van der Waals surface area contributed by atoms with Crippen molar-refractivity contribution in [3.8, 4) is 11.1 Å². The van der Waals surface area contributed by atoms with Crippen LogP contribution < -0.4 is 9.80 Å². The third-order valence-corrected chi connectivity index (χ3v) is 9.39. The van der Waals surface area contributed by atoms with E-state index in [4.69, 9.17) is 0 Å². The lowest BCUT2D eigenvalue weighted by Gasteiger charge is -2.28. The molecule has 2 heterocycles. The van der Waals surface area contributed by atoms with E-state index in [1.807, 2.05) is 0 Å². The molecule has 1 aliphatic rings. The Hall–Kier alpha value is -4.12. The van der Waals surface area contributed by atoms with Crippen LogP contribution in [-0.4, -0.2) is 0 Å². The van der Waals surface area contributed by atoms with Gasteiger partial charge in [-0.3, -0.25) is 0 Å². The molecule has 2 nitrogen and oxygen atoms in total. The fourth-order valence-electron chi connectivity index (χ4n) is 5.64. The van der Waals surface area contributed by atoms with Crippen LogP contribution in [0.5, 0.6) is 0 Å². The van der Waals surface area contributed by atoms with E-state index in [0.29, 0.717) is 0 Å². The number of hydrogen-bond acceptors (Lipinski definition) is 4. The molecule has 4 heteroatoms. The highest BCUT2D eigenvalue weighted by molar-refractivity contribution is 7.14. The van der Waals surface area contributed by atoms with Crippen molar-refractivity contribution in [3.63, 3.8) is 0 Å². The molecule has 0 saturated carbocycles. The first-order chi connectivity index (χ1) is 19.6. The van der Waals surface area contributed by atoms with E-state index < -0.39 is 0 Å². The van der Waals surface area contributed by atoms with Crippen LogP contribution in [0, 0.1) is 13.8 Å². The Labute approximate surface area is 244 Å². The molecule has 2 aromatic heterocycles. The predicted octanol–water partition coefficient (Wildman–Crippen LogP) is 11.1.